The molecular formula is C42H60S. The molecule has 0 N–H and O–H groups in total. The third-order valence-electron chi connectivity index (χ3n) is 9.71. The van der Waals surface area contributed by atoms with Crippen molar-refractivity contribution in [1.29, 1.82) is 0 Å². The van der Waals surface area contributed by atoms with Crippen LogP contribution >= 0.6 is 12.6 Å². The summed E-state index contributed by atoms with van der Waals surface area (Å²) in [6, 6.07) is 5.02. The van der Waals surface area contributed by atoms with Gasteiger partial charge in [-0.15, -0.1) is 12.3 Å². The van der Waals surface area contributed by atoms with Gasteiger partial charge in [0.15, 0.2) is 0 Å². The van der Waals surface area contributed by atoms with E-state index in [2.05, 4.69) is 96.2 Å². The lowest BCUT2D eigenvalue weighted by atomic mass is 9.77. The highest BCUT2D eigenvalue weighted by atomic mass is 32.1. The third-order valence-corrected chi connectivity index (χ3v) is 10.0. The predicted molar refractivity (Wildman–Crippen MR) is 196 cm³/mol. The molecule has 43 heavy (non-hydrogen) atoms. The van der Waals surface area contributed by atoms with E-state index in [0.29, 0.717) is 5.92 Å². The van der Waals surface area contributed by atoms with E-state index in [1.807, 2.05) is 0 Å². The van der Waals surface area contributed by atoms with Gasteiger partial charge >= 0.3 is 0 Å². The second-order valence-corrected chi connectivity index (χ2v) is 14.0. The van der Waals surface area contributed by atoms with Crippen LogP contribution in [0.15, 0.2) is 83.7 Å². The molecule has 0 atom stereocenters. The lowest BCUT2D eigenvalue weighted by Crippen LogP contribution is -2.15. The highest BCUT2D eigenvalue weighted by Crippen LogP contribution is 2.38. The Labute approximate surface area is 271 Å². The van der Waals surface area contributed by atoms with Crippen LogP contribution in [0.25, 0.3) is 5.57 Å². The minimum Gasteiger partial charge on any atom is -0.179 e. The van der Waals surface area contributed by atoms with Gasteiger partial charge in [-0.05, 0) is 153 Å². The van der Waals surface area contributed by atoms with Gasteiger partial charge < -0.3 is 0 Å². The zero-order valence-corrected chi connectivity index (χ0v) is 29.0. The number of unbranched alkanes of at least 4 members (excludes halogenated alkanes) is 5. The number of aryl methyl sites for hydroxylation is 2. The van der Waals surface area contributed by atoms with Crippen LogP contribution in [-0.2, 0) is 19.3 Å². The molecule has 2 aliphatic rings. The van der Waals surface area contributed by atoms with E-state index < -0.39 is 0 Å². The maximum absolute atomic E-state index is 4.41. The molecule has 0 spiro atoms. The van der Waals surface area contributed by atoms with Crippen molar-refractivity contribution in [1.82, 2.24) is 0 Å². The first-order chi connectivity index (χ1) is 20.7. The minimum atomic E-state index is 0.640. The number of benzene rings is 1. The van der Waals surface area contributed by atoms with Crippen molar-refractivity contribution in [3.05, 3.63) is 106 Å². The molecule has 2 aliphatic carbocycles. The maximum Gasteiger partial charge on any atom is -0.00230 e. The zero-order chi connectivity index (χ0) is 31.2. The number of hydrogen-bond donors (Lipinski definition) is 1. The van der Waals surface area contributed by atoms with Crippen LogP contribution in [-0.4, -0.2) is 5.75 Å². The molecule has 234 valence electrons. The van der Waals surface area contributed by atoms with Gasteiger partial charge in [0.2, 0.25) is 0 Å². The average Bonchev–Trinajstić information content (AvgIpc) is 3.18. The van der Waals surface area contributed by atoms with Gasteiger partial charge in [0, 0.05) is 0 Å². The van der Waals surface area contributed by atoms with Crippen LogP contribution in [0.3, 0.4) is 0 Å². The van der Waals surface area contributed by atoms with Crippen molar-refractivity contribution in [2.75, 3.05) is 5.75 Å². The minimum absolute atomic E-state index is 0.640. The summed E-state index contributed by atoms with van der Waals surface area (Å²) in [5.74, 6) is 2.56. The quantitative estimate of drug-likeness (QED) is 0.0563. The summed E-state index contributed by atoms with van der Waals surface area (Å²) in [6.07, 6.45) is 27.0. The lowest BCUT2D eigenvalue weighted by Gasteiger charge is -2.28. The fraction of sp³-hybridized carbons (Fsp3) is 0.548. The lowest BCUT2D eigenvalue weighted by molar-refractivity contribution is 0.284. The number of thiol groups is 1. The average molecular weight is 597 g/mol. The normalized spacial score (nSPS) is 18.5. The molecule has 1 aromatic rings. The van der Waals surface area contributed by atoms with Crippen LogP contribution in [0.5, 0.6) is 0 Å². The van der Waals surface area contributed by atoms with Gasteiger partial charge in [-0.2, -0.15) is 12.6 Å². The highest BCUT2D eigenvalue weighted by molar-refractivity contribution is 7.80. The highest BCUT2D eigenvalue weighted by Gasteiger charge is 2.23. The number of hydrogen-bond acceptors (Lipinski definition) is 1. The standard InChI is InChI=1S/C42H60S/c1-8-9-12-15-35-19-23-37(24-20-35)36-22-18-33(6)41(26-25-36)42-30-39(21-17-31(2)3)38(16-13-10-11-14-27-43)29-40(42)28-34(7)32(4)5/h18,25-26,29-30,35,37,43H,2,4,7-17,19-21,23-24,27-28H2,1,3,5-6H3. The second-order valence-electron chi connectivity index (χ2n) is 13.6. The molecule has 0 amide bonds. The van der Waals surface area contributed by atoms with Crippen molar-refractivity contribution in [3.63, 3.8) is 0 Å². The van der Waals surface area contributed by atoms with Gasteiger partial charge in [-0.3, -0.25) is 0 Å². The van der Waals surface area contributed by atoms with Crippen LogP contribution in [0.2, 0.25) is 0 Å². The van der Waals surface area contributed by atoms with Gasteiger partial charge in [-0.1, -0.05) is 94.0 Å². The molecule has 0 saturated heterocycles. The molecule has 0 heterocycles. The molecule has 0 aromatic heterocycles. The Hall–Kier alpha value is -2.21. The van der Waals surface area contributed by atoms with Crippen molar-refractivity contribution in [3.8, 4) is 0 Å². The summed E-state index contributed by atoms with van der Waals surface area (Å²) >= 11 is 4.40. The van der Waals surface area contributed by atoms with Crippen LogP contribution < -0.4 is 0 Å². The van der Waals surface area contributed by atoms with Crippen molar-refractivity contribution < 1.29 is 0 Å². The van der Waals surface area contributed by atoms with Gasteiger partial charge in [0.25, 0.3) is 0 Å². The summed E-state index contributed by atoms with van der Waals surface area (Å²) in [7, 11) is 0. The fourth-order valence-corrected chi connectivity index (χ4v) is 6.96. The predicted octanol–water partition coefficient (Wildman–Crippen LogP) is 12.7. The van der Waals surface area contributed by atoms with Gasteiger partial charge in [0.1, 0.15) is 0 Å². The second kappa shape index (κ2) is 18.6. The zero-order valence-electron chi connectivity index (χ0n) is 28.1. The monoisotopic (exact) mass is 596 g/mol. The summed E-state index contributed by atoms with van der Waals surface area (Å²) in [5, 5.41) is 0. The van der Waals surface area contributed by atoms with Crippen LogP contribution in [0.4, 0.5) is 0 Å². The molecule has 0 bridgehead atoms. The first-order valence-corrected chi connectivity index (χ1v) is 18.0. The summed E-state index contributed by atoms with van der Waals surface area (Å²) < 4.78 is 0. The topological polar surface area (TPSA) is 0 Å². The van der Waals surface area contributed by atoms with Crippen molar-refractivity contribution in [2.24, 2.45) is 11.8 Å². The van der Waals surface area contributed by atoms with E-state index >= 15 is 0 Å². The van der Waals surface area contributed by atoms with E-state index in [1.54, 1.807) is 0 Å². The Morgan fingerprint density at radius 3 is 2.26 bits per heavy atom. The molecule has 1 heteroatoms. The van der Waals surface area contributed by atoms with E-state index in [9.17, 15) is 0 Å². The molecular weight excluding hydrogens is 537 g/mol. The van der Waals surface area contributed by atoms with Crippen LogP contribution in [0.1, 0.15) is 133 Å². The van der Waals surface area contributed by atoms with Gasteiger partial charge in [0.05, 0.1) is 0 Å². The Morgan fingerprint density at radius 2 is 1.58 bits per heavy atom. The SMILES string of the molecule is C=C(C)CCc1cc(C2=C(C)C=C=C(C3CCC(CCCCC)CC3)C=C2)c(CC(=C)C(=C)C)cc1CCCCCCS. The third kappa shape index (κ3) is 11.3. The first kappa shape index (κ1) is 35.3. The van der Waals surface area contributed by atoms with E-state index in [-0.39, 0.29) is 0 Å². The Morgan fingerprint density at radius 1 is 0.860 bits per heavy atom. The van der Waals surface area contributed by atoms with E-state index in [0.717, 1.165) is 48.5 Å². The van der Waals surface area contributed by atoms with E-state index in [1.165, 1.54) is 122 Å². The summed E-state index contributed by atoms with van der Waals surface area (Å²) in [6.45, 7) is 21.7. The Balaban J connectivity index is 1.90. The largest absolute Gasteiger partial charge is 0.179 e. The Kier molecular flexibility index (Phi) is 15.2. The molecule has 0 unspecified atom stereocenters. The maximum atomic E-state index is 4.41. The fourth-order valence-electron chi connectivity index (χ4n) is 6.74. The first-order valence-electron chi connectivity index (χ1n) is 17.3. The van der Waals surface area contributed by atoms with Crippen molar-refractivity contribution in [2.45, 2.75) is 130 Å². The molecule has 1 fully saturated rings. The van der Waals surface area contributed by atoms with Crippen molar-refractivity contribution >= 4 is 18.2 Å². The molecule has 1 aromatic carbocycles. The smallest absolute Gasteiger partial charge is 0.00230 e. The number of rotatable bonds is 18. The number of allylic oxidation sites excluding steroid dienone is 8. The van der Waals surface area contributed by atoms with Crippen LogP contribution in [0, 0.1) is 11.8 Å². The van der Waals surface area contributed by atoms with E-state index in [4.69, 9.17) is 0 Å². The van der Waals surface area contributed by atoms with Gasteiger partial charge in [-0.25, -0.2) is 0 Å². The molecule has 3 rings (SSSR count). The molecule has 0 nitrogen and oxygen atoms in total. The molecule has 0 radical (unpaired) electrons. The molecule has 1 saturated carbocycles. The molecule has 0 aliphatic heterocycles. The summed E-state index contributed by atoms with van der Waals surface area (Å²) in [4.78, 5) is 0. The Bertz CT molecular complexity index is 1230. The summed E-state index contributed by atoms with van der Waals surface area (Å²) in [5.41, 5.74) is 16.9.